The van der Waals surface area contributed by atoms with Gasteiger partial charge < -0.3 is 4.74 Å². The van der Waals surface area contributed by atoms with Crippen LogP contribution < -0.4 is 10.3 Å². The number of nitrogens with zero attached hydrogens (tertiary/aromatic N) is 1. The van der Waals surface area contributed by atoms with Crippen LogP contribution in [-0.4, -0.2) is 11.7 Å². The maximum atomic E-state index is 13.7. The first-order valence-corrected chi connectivity index (χ1v) is 9.33. The summed E-state index contributed by atoms with van der Waals surface area (Å²) in [6.45, 7) is 0. The van der Waals surface area contributed by atoms with Gasteiger partial charge in [-0.2, -0.15) is 0 Å². The van der Waals surface area contributed by atoms with Crippen molar-refractivity contribution in [2.75, 3.05) is 7.11 Å². The number of halogens is 2. The maximum absolute atomic E-state index is 13.7. The highest BCUT2D eigenvalue weighted by Gasteiger charge is 2.18. The minimum Gasteiger partial charge on any atom is -0.495 e. The molecule has 0 saturated heterocycles. The van der Waals surface area contributed by atoms with E-state index in [9.17, 15) is 9.18 Å². The van der Waals surface area contributed by atoms with E-state index in [1.165, 1.54) is 17.7 Å². The van der Waals surface area contributed by atoms with Gasteiger partial charge in [0.25, 0.3) is 5.56 Å². The van der Waals surface area contributed by atoms with Gasteiger partial charge in [-0.25, -0.2) is 4.39 Å². The Bertz CT molecular complexity index is 1050. The first kappa shape index (κ1) is 17.8. The number of hydrogen-bond donors (Lipinski definition) is 0. The molecule has 27 heavy (non-hydrogen) atoms. The molecule has 4 rings (SSSR count). The smallest absolute Gasteiger partial charge is 0.255 e. The molecule has 0 spiro atoms. The minimum absolute atomic E-state index is 0.0736. The molecular formula is C22H19ClFNO2. The molecule has 1 heterocycles. The van der Waals surface area contributed by atoms with Crippen molar-refractivity contribution < 1.29 is 9.13 Å². The largest absolute Gasteiger partial charge is 0.495 e. The Morgan fingerprint density at radius 3 is 2.59 bits per heavy atom. The Hall–Kier alpha value is -2.59. The lowest BCUT2D eigenvalue weighted by Crippen LogP contribution is -2.24. The number of methoxy groups -OCH3 is 1. The molecule has 3 nitrogen and oxygen atoms in total. The zero-order valence-electron chi connectivity index (χ0n) is 15.0. The summed E-state index contributed by atoms with van der Waals surface area (Å²) in [5, 5.41) is 0.335. The van der Waals surface area contributed by atoms with Gasteiger partial charge in [-0.1, -0.05) is 23.7 Å². The summed E-state index contributed by atoms with van der Waals surface area (Å²) in [5.41, 5.74) is 4.32. The Labute approximate surface area is 162 Å². The molecule has 5 heteroatoms. The molecule has 0 bridgehead atoms. The van der Waals surface area contributed by atoms with Crippen molar-refractivity contribution >= 4 is 11.6 Å². The van der Waals surface area contributed by atoms with Crippen molar-refractivity contribution in [3.63, 3.8) is 0 Å². The zero-order chi connectivity index (χ0) is 19.0. The Morgan fingerprint density at radius 1 is 1.00 bits per heavy atom. The number of hydrogen-bond acceptors (Lipinski definition) is 2. The van der Waals surface area contributed by atoms with Gasteiger partial charge in [0, 0.05) is 16.8 Å². The van der Waals surface area contributed by atoms with E-state index in [-0.39, 0.29) is 5.56 Å². The molecule has 3 aromatic rings. The number of pyridine rings is 1. The van der Waals surface area contributed by atoms with Crippen molar-refractivity contribution in [2.45, 2.75) is 25.7 Å². The molecule has 2 aromatic carbocycles. The summed E-state index contributed by atoms with van der Waals surface area (Å²) in [6, 6.07) is 13.5. The van der Waals surface area contributed by atoms with Gasteiger partial charge in [-0.15, -0.1) is 0 Å². The topological polar surface area (TPSA) is 31.2 Å². The molecule has 0 atom stereocenters. The molecule has 1 aliphatic rings. The molecule has 0 fully saturated rings. The van der Waals surface area contributed by atoms with Crippen molar-refractivity contribution in [1.29, 1.82) is 0 Å². The van der Waals surface area contributed by atoms with Gasteiger partial charge in [0.05, 0.1) is 12.8 Å². The van der Waals surface area contributed by atoms with Gasteiger partial charge in [0.2, 0.25) is 0 Å². The first-order valence-electron chi connectivity index (χ1n) is 8.95. The van der Waals surface area contributed by atoms with Gasteiger partial charge in [-0.05, 0) is 72.7 Å². The summed E-state index contributed by atoms with van der Waals surface area (Å²) in [5.74, 6) is 0.169. The van der Waals surface area contributed by atoms with E-state index >= 15 is 0 Å². The van der Waals surface area contributed by atoms with E-state index in [0.717, 1.165) is 36.9 Å². The Balaban J connectivity index is 1.88. The Kier molecular flexibility index (Phi) is 4.75. The number of aromatic nitrogens is 1. The van der Waals surface area contributed by atoms with Gasteiger partial charge in [0.15, 0.2) is 0 Å². The monoisotopic (exact) mass is 383 g/mol. The van der Waals surface area contributed by atoms with E-state index in [0.29, 0.717) is 22.0 Å². The molecular weight excluding hydrogens is 365 g/mol. The lowest BCUT2D eigenvalue weighted by molar-refractivity contribution is 0.412. The average molecular weight is 384 g/mol. The van der Waals surface area contributed by atoms with E-state index in [1.54, 1.807) is 23.8 Å². The molecule has 1 aromatic heterocycles. The van der Waals surface area contributed by atoms with Gasteiger partial charge >= 0.3 is 0 Å². The average Bonchev–Trinajstić information content (AvgIpc) is 2.67. The number of aryl methyl sites for hydroxylation is 1. The van der Waals surface area contributed by atoms with Crippen LogP contribution in [-0.2, 0) is 12.8 Å². The quantitative estimate of drug-likeness (QED) is 0.623. The number of benzene rings is 2. The third-order valence-corrected chi connectivity index (χ3v) is 5.23. The lowest BCUT2D eigenvalue weighted by atomic mass is 9.95. The summed E-state index contributed by atoms with van der Waals surface area (Å²) in [6.07, 6.45) is 4.06. The van der Waals surface area contributed by atoms with Crippen LogP contribution in [0.25, 0.3) is 16.8 Å². The van der Waals surface area contributed by atoms with Gasteiger partial charge in [-0.3, -0.25) is 9.36 Å². The van der Waals surface area contributed by atoms with E-state index in [2.05, 4.69) is 0 Å². The van der Waals surface area contributed by atoms with Crippen LogP contribution in [0.5, 0.6) is 5.75 Å². The molecule has 0 aliphatic heterocycles. The predicted octanol–water partition coefficient (Wildman–Crippen LogP) is 5.18. The van der Waals surface area contributed by atoms with Gasteiger partial charge in [0.1, 0.15) is 11.6 Å². The van der Waals surface area contributed by atoms with Crippen molar-refractivity contribution in [1.82, 2.24) is 4.57 Å². The number of rotatable bonds is 3. The van der Waals surface area contributed by atoms with Crippen molar-refractivity contribution in [3.8, 4) is 22.6 Å². The fourth-order valence-corrected chi connectivity index (χ4v) is 3.98. The van der Waals surface area contributed by atoms with Crippen LogP contribution in [0.2, 0.25) is 5.02 Å². The predicted molar refractivity (Wildman–Crippen MR) is 106 cm³/mol. The second-order valence-electron chi connectivity index (χ2n) is 6.73. The third kappa shape index (κ3) is 3.37. The molecule has 0 amide bonds. The fourth-order valence-electron chi connectivity index (χ4n) is 3.75. The SMILES string of the molecule is COc1cc(-c2cc(F)cc(Cl)c2)ccc1-n1c2c(ccc1=O)CCCC2. The Morgan fingerprint density at radius 2 is 1.81 bits per heavy atom. The normalized spacial score (nSPS) is 13.3. The summed E-state index contributed by atoms with van der Waals surface area (Å²) < 4.78 is 21.0. The molecule has 0 radical (unpaired) electrons. The van der Waals surface area contributed by atoms with Crippen molar-refractivity contribution in [3.05, 3.63) is 81.0 Å². The highest BCUT2D eigenvalue weighted by atomic mass is 35.5. The van der Waals surface area contributed by atoms with E-state index in [1.807, 2.05) is 24.3 Å². The second-order valence-corrected chi connectivity index (χ2v) is 7.17. The van der Waals surface area contributed by atoms with Crippen molar-refractivity contribution in [2.24, 2.45) is 0 Å². The van der Waals surface area contributed by atoms with E-state index < -0.39 is 5.82 Å². The summed E-state index contributed by atoms with van der Waals surface area (Å²) >= 11 is 5.98. The van der Waals surface area contributed by atoms with Crippen LogP contribution in [0.4, 0.5) is 4.39 Å². The van der Waals surface area contributed by atoms with Crippen LogP contribution in [0.3, 0.4) is 0 Å². The summed E-state index contributed by atoms with van der Waals surface area (Å²) in [7, 11) is 1.57. The lowest BCUT2D eigenvalue weighted by Gasteiger charge is -2.22. The molecule has 0 saturated carbocycles. The zero-order valence-corrected chi connectivity index (χ0v) is 15.7. The first-order chi connectivity index (χ1) is 13.1. The maximum Gasteiger partial charge on any atom is 0.255 e. The molecule has 1 aliphatic carbocycles. The number of fused-ring (bicyclic) bond motifs is 1. The fraction of sp³-hybridized carbons (Fsp3) is 0.227. The minimum atomic E-state index is -0.395. The van der Waals surface area contributed by atoms with Crippen LogP contribution >= 0.6 is 11.6 Å². The highest BCUT2D eigenvalue weighted by molar-refractivity contribution is 6.30. The van der Waals surface area contributed by atoms with Crippen LogP contribution in [0.1, 0.15) is 24.1 Å². The molecule has 0 N–H and O–H groups in total. The number of ether oxygens (including phenoxy) is 1. The van der Waals surface area contributed by atoms with Crippen LogP contribution in [0, 0.1) is 5.82 Å². The van der Waals surface area contributed by atoms with E-state index in [4.69, 9.17) is 16.3 Å². The highest BCUT2D eigenvalue weighted by Crippen LogP contribution is 2.32. The third-order valence-electron chi connectivity index (χ3n) is 5.01. The second kappa shape index (κ2) is 7.20. The van der Waals surface area contributed by atoms with Crippen LogP contribution in [0.15, 0.2) is 53.3 Å². The summed E-state index contributed by atoms with van der Waals surface area (Å²) in [4.78, 5) is 12.6. The standard InChI is InChI=1S/C22H19ClFNO2/c1-27-21-12-15(16-10-17(23)13-18(24)11-16)6-8-20(21)25-19-5-3-2-4-14(19)7-9-22(25)26/h6-13H,2-5H2,1H3. The molecule has 138 valence electrons. The molecule has 0 unspecified atom stereocenters.